The van der Waals surface area contributed by atoms with Crippen LogP contribution in [0.15, 0.2) is 431 Å². The predicted octanol–water partition coefficient (Wildman–Crippen LogP) is 28.4. The lowest BCUT2D eigenvalue weighted by Gasteiger charge is -2.15. The number of aromatic nitrogens is 9. The van der Waals surface area contributed by atoms with Gasteiger partial charge in [0, 0.05) is 99.2 Å². The van der Waals surface area contributed by atoms with E-state index in [0.717, 1.165) is 122 Å². The Balaban J connectivity index is 0.000000140. The van der Waals surface area contributed by atoms with Crippen molar-refractivity contribution in [1.29, 1.82) is 0 Å². The Labute approximate surface area is 691 Å². The number of benzene rings is 18. The number of nitrogens with zero attached hydrogens (tertiary/aromatic N) is 9. The molecule has 18 aromatic carbocycles. The van der Waals surface area contributed by atoms with Crippen molar-refractivity contribution < 1.29 is 0 Å². The molecule has 0 aliphatic carbocycles. The molecular weight excluding hydrogens is 1460 g/mol. The molecule has 9 nitrogen and oxygen atoms in total. The minimum Gasteiger partial charge on any atom is -0.309 e. The van der Waals surface area contributed by atoms with Crippen LogP contribution in [0.4, 0.5) is 0 Å². The third-order valence-electron chi connectivity index (χ3n) is 23.7. The molecule has 24 aromatic rings. The summed E-state index contributed by atoms with van der Waals surface area (Å²) in [6, 6.07) is 153. The van der Waals surface area contributed by atoms with Crippen molar-refractivity contribution >= 4 is 109 Å². The summed E-state index contributed by atoms with van der Waals surface area (Å²) in [5.41, 5.74) is 25.9. The molecule has 0 saturated heterocycles. The number of fused-ring (bicyclic) bond motifs is 14. The van der Waals surface area contributed by atoms with Gasteiger partial charge in [-0.15, -0.1) is 0 Å². The summed E-state index contributed by atoms with van der Waals surface area (Å²) in [5, 5.41) is 14.2. The first kappa shape index (κ1) is 69.3. The molecule has 560 valence electrons. The summed E-state index contributed by atoms with van der Waals surface area (Å²) < 4.78 is 9.63. The van der Waals surface area contributed by atoms with E-state index in [4.69, 9.17) is 24.9 Å². The van der Waals surface area contributed by atoms with Crippen molar-refractivity contribution in [2.45, 2.75) is 0 Å². The maximum absolute atomic E-state index is 5.39. The van der Waals surface area contributed by atoms with Crippen molar-refractivity contribution in [2.75, 3.05) is 0 Å². The van der Waals surface area contributed by atoms with Crippen LogP contribution >= 0.6 is 0 Å². The SMILES string of the molecule is c1ccc(-c2ccc(-c3cc(-c4ccccc4)nc(-c4cc(-n5c6ccccc6c6cc7c8ccccc8n(-c8ccccc8)c7cc65)cc5ccccc45)n3)cc2)cc1.c1ccc(-c2ccc(-c3nc(-c4ccccc4)nc(-c4cc(-n5c6ccccc6c6cc7c8ccccc8n(-c8ccccc8)c7cc65)cc5ccccc45)n3)cc2)cc1. The van der Waals surface area contributed by atoms with E-state index in [-0.39, 0.29) is 0 Å². The van der Waals surface area contributed by atoms with E-state index in [1.165, 1.54) is 76.3 Å². The van der Waals surface area contributed by atoms with Gasteiger partial charge in [-0.2, -0.15) is 0 Å². The van der Waals surface area contributed by atoms with Crippen LogP contribution in [-0.2, 0) is 0 Å². The second-order valence-electron chi connectivity index (χ2n) is 30.7. The van der Waals surface area contributed by atoms with Crippen molar-refractivity contribution in [3.05, 3.63) is 431 Å². The second-order valence-corrected chi connectivity index (χ2v) is 30.7. The average molecular weight is 1530 g/mol. The predicted molar refractivity (Wildman–Crippen MR) is 498 cm³/mol. The fourth-order valence-electron chi connectivity index (χ4n) is 18.1. The van der Waals surface area contributed by atoms with Gasteiger partial charge < -0.3 is 18.3 Å². The normalized spacial score (nSPS) is 11.7. The van der Waals surface area contributed by atoms with Gasteiger partial charge in [0.1, 0.15) is 0 Å². The maximum atomic E-state index is 5.39. The zero-order valence-electron chi connectivity index (χ0n) is 65.0. The molecule has 0 saturated carbocycles. The van der Waals surface area contributed by atoms with Crippen molar-refractivity contribution in [1.82, 2.24) is 43.2 Å². The summed E-state index contributed by atoms with van der Waals surface area (Å²) in [7, 11) is 0. The monoisotopic (exact) mass is 1530 g/mol. The molecule has 9 heteroatoms. The first-order valence-electron chi connectivity index (χ1n) is 40.7. The first-order chi connectivity index (χ1) is 59.5. The summed E-state index contributed by atoms with van der Waals surface area (Å²) in [4.78, 5) is 26.3. The van der Waals surface area contributed by atoms with Gasteiger partial charge in [-0.3, -0.25) is 0 Å². The molecule has 0 bridgehead atoms. The molecule has 6 aromatic heterocycles. The lowest BCUT2D eigenvalue weighted by atomic mass is 10.00. The van der Waals surface area contributed by atoms with E-state index in [0.29, 0.717) is 23.3 Å². The first-order valence-corrected chi connectivity index (χ1v) is 40.7. The highest BCUT2D eigenvalue weighted by molar-refractivity contribution is 6.21. The van der Waals surface area contributed by atoms with Crippen molar-refractivity contribution in [3.8, 4) is 113 Å². The van der Waals surface area contributed by atoms with Crippen LogP contribution in [0.25, 0.3) is 222 Å². The topological polar surface area (TPSA) is 84.2 Å². The molecule has 0 unspecified atom stereocenters. The fourth-order valence-corrected chi connectivity index (χ4v) is 18.1. The van der Waals surface area contributed by atoms with Gasteiger partial charge in [-0.05, 0) is 147 Å². The Hall–Kier alpha value is -16.2. The van der Waals surface area contributed by atoms with Gasteiger partial charge in [0.25, 0.3) is 0 Å². The molecule has 0 spiro atoms. The molecule has 120 heavy (non-hydrogen) atoms. The quantitative estimate of drug-likeness (QED) is 0.122. The van der Waals surface area contributed by atoms with Crippen molar-refractivity contribution in [2.24, 2.45) is 0 Å². The van der Waals surface area contributed by atoms with Gasteiger partial charge >= 0.3 is 0 Å². The largest absolute Gasteiger partial charge is 0.309 e. The maximum Gasteiger partial charge on any atom is 0.164 e. The third kappa shape index (κ3) is 12.0. The highest BCUT2D eigenvalue weighted by atomic mass is 15.1. The number of para-hydroxylation sites is 6. The average Bonchev–Trinajstić information content (AvgIpc) is 1.56. The smallest absolute Gasteiger partial charge is 0.164 e. The van der Waals surface area contributed by atoms with Gasteiger partial charge in [0.2, 0.25) is 0 Å². The molecule has 0 radical (unpaired) electrons. The summed E-state index contributed by atoms with van der Waals surface area (Å²) in [6.45, 7) is 0. The number of rotatable bonds is 12. The highest BCUT2D eigenvalue weighted by Crippen LogP contribution is 2.45. The molecule has 0 aliphatic rings. The molecule has 24 rings (SSSR count). The summed E-state index contributed by atoms with van der Waals surface area (Å²) in [5.74, 6) is 2.56. The molecule has 0 aliphatic heterocycles. The third-order valence-corrected chi connectivity index (χ3v) is 23.7. The minimum absolute atomic E-state index is 0.622. The van der Waals surface area contributed by atoms with E-state index in [1.54, 1.807) is 0 Å². The van der Waals surface area contributed by atoms with Crippen LogP contribution in [0.2, 0.25) is 0 Å². The molecule has 0 atom stereocenters. The van der Waals surface area contributed by atoms with Crippen LogP contribution in [0.5, 0.6) is 0 Å². The highest BCUT2D eigenvalue weighted by Gasteiger charge is 2.25. The Morgan fingerprint density at radius 1 is 0.142 bits per heavy atom. The van der Waals surface area contributed by atoms with Crippen LogP contribution in [-0.4, -0.2) is 43.2 Å². The van der Waals surface area contributed by atoms with Gasteiger partial charge in [-0.1, -0.05) is 328 Å². The van der Waals surface area contributed by atoms with E-state index in [2.05, 4.69) is 419 Å². The summed E-state index contributed by atoms with van der Waals surface area (Å²) >= 11 is 0. The zero-order chi connectivity index (χ0) is 79.1. The lowest BCUT2D eigenvalue weighted by Crippen LogP contribution is -2.02. The Kier molecular flexibility index (Phi) is 16.7. The van der Waals surface area contributed by atoms with Crippen LogP contribution in [0.1, 0.15) is 0 Å². The van der Waals surface area contributed by atoms with Crippen molar-refractivity contribution in [3.63, 3.8) is 0 Å². The number of hydrogen-bond acceptors (Lipinski definition) is 5. The molecular formula is C111H71N9. The Morgan fingerprint density at radius 3 is 0.783 bits per heavy atom. The molecule has 6 heterocycles. The van der Waals surface area contributed by atoms with E-state index >= 15 is 0 Å². The Morgan fingerprint density at radius 2 is 0.400 bits per heavy atom. The van der Waals surface area contributed by atoms with E-state index in [1.807, 2.05) is 30.3 Å². The lowest BCUT2D eigenvalue weighted by molar-refractivity contribution is 1.07. The van der Waals surface area contributed by atoms with Gasteiger partial charge in [0.05, 0.1) is 55.5 Å². The van der Waals surface area contributed by atoms with E-state index in [9.17, 15) is 0 Å². The van der Waals surface area contributed by atoms with Gasteiger partial charge in [0.15, 0.2) is 23.3 Å². The second kappa shape index (κ2) is 28.9. The Bertz CT molecular complexity index is 7620. The zero-order valence-corrected chi connectivity index (χ0v) is 65.0. The van der Waals surface area contributed by atoms with Crippen LogP contribution in [0.3, 0.4) is 0 Å². The van der Waals surface area contributed by atoms with Gasteiger partial charge in [-0.25, -0.2) is 24.9 Å². The molecule has 0 amide bonds. The molecule has 0 fully saturated rings. The van der Waals surface area contributed by atoms with Crippen LogP contribution in [0, 0.1) is 0 Å². The minimum atomic E-state index is 0.622. The fraction of sp³-hybridized carbons (Fsp3) is 0. The molecule has 0 N–H and O–H groups in total. The number of hydrogen-bond donors (Lipinski definition) is 0. The van der Waals surface area contributed by atoms with E-state index < -0.39 is 0 Å². The van der Waals surface area contributed by atoms with Crippen LogP contribution < -0.4 is 0 Å². The standard InChI is InChI=1S/C56H36N4.C55H35N5/c1-4-16-37(17-5-1)38-28-30-40(31-29-38)51-35-50(39-18-6-2-7-19-39)57-56(58-51)49-33-43(32-41-20-10-11-23-44(41)49)60-53-27-15-13-25-46(53)48-34-47-45-24-12-14-26-52(45)59(54(47)36-55(48)60)42-21-8-3-9-22-42;1-4-16-36(17-5-1)37-28-30-39(31-29-37)54-56-53(38-18-6-2-7-19-38)57-55(58-54)48-33-42(32-40-20-10-11-23-43(40)48)60-50-27-15-13-25-45(50)47-34-46-44-24-12-14-26-49(44)59(51(46)35-52(47)60)41-21-8-3-9-22-41/h1-36H;1-35H. The summed E-state index contributed by atoms with van der Waals surface area (Å²) in [6.07, 6.45) is 0.